The fourth-order valence-corrected chi connectivity index (χ4v) is 1.28. The van der Waals surface area contributed by atoms with Crippen molar-refractivity contribution >= 4 is 17.4 Å². The summed E-state index contributed by atoms with van der Waals surface area (Å²) < 4.78 is 42.0. The molecule has 96 valence electrons. The maximum atomic E-state index is 12.3. The molecule has 1 aromatic heterocycles. The van der Waals surface area contributed by atoms with E-state index in [1.165, 1.54) is 7.11 Å². The minimum atomic E-state index is -4.44. The van der Waals surface area contributed by atoms with Gasteiger partial charge in [0.15, 0.2) is 0 Å². The van der Waals surface area contributed by atoms with Crippen molar-refractivity contribution in [2.45, 2.75) is 19.2 Å². The number of nitrogens with zero attached hydrogens (tertiary/aromatic N) is 1. The Morgan fingerprint density at radius 3 is 2.65 bits per heavy atom. The fourth-order valence-electron chi connectivity index (χ4n) is 1.05. The van der Waals surface area contributed by atoms with E-state index in [4.69, 9.17) is 16.3 Å². The molecule has 1 atom stereocenters. The van der Waals surface area contributed by atoms with E-state index in [1.807, 2.05) is 6.92 Å². The fraction of sp³-hybridized carbons (Fsp3) is 0.500. The molecule has 0 aliphatic heterocycles. The average Bonchev–Trinajstić information content (AvgIpc) is 2.25. The van der Waals surface area contributed by atoms with Gasteiger partial charge in [-0.1, -0.05) is 11.6 Å². The third-order valence-electron chi connectivity index (χ3n) is 2.13. The van der Waals surface area contributed by atoms with Gasteiger partial charge < -0.3 is 10.1 Å². The highest BCUT2D eigenvalue weighted by Crippen LogP contribution is 2.32. The van der Waals surface area contributed by atoms with Crippen molar-refractivity contribution in [1.29, 1.82) is 0 Å². The zero-order valence-electron chi connectivity index (χ0n) is 9.31. The summed E-state index contributed by atoms with van der Waals surface area (Å²) in [4.78, 5) is 3.63. The molecule has 1 N–H and O–H groups in total. The lowest BCUT2D eigenvalue weighted by Crippen LogP contribution is -2.19. The van der Waals surface area contributed by atoms with Crippen LogP contribution in [0.5, 0.6) is 0 Å². The first-order valence-electron chi connectivity index (χ1n) is 4.84. The zero-order valence-corrected chi connectivity index (χ0v) is 10.1. The van der Waals surface area contributed by atoms with Crippen LogP contribution in [0.3, 0.4) is 0 Å². The molecule has 0 radical (unpaired) electrons. The second-order valence-electron chi connectivity index (χ2n) is 3.48. The second-order valence-corrected chi connectivity index (χ2v) is 3.89. The van der Waals surface area contributed by atoms with Gasteiger partial charge in [0.05, 0.1) is 16.7 Å². The molecule has 1 aromatic rings. The Balaban J connectivity index is 2.77. The first-order valence-corrected chi connectivity index (χ1v) is 5.21. The van der Waals surface area contributed by atoms with E-state index >= 15 is 0 Å². The Kier molecular flexibility index (Phi) is 4.59. The minimum absolute atomic E-state index is 0.0665. The Morgan fingerprint density at radius 1 is 1.53 bits per heavy atom. The van der Waals surface area contributed by atoms with Crippen molar-refractivity contribution in [3.8, 4) is 0 Å². The van der Waals surface area contributed by atoms with Gasteiger partial charge in [0.25, 0.3) is 0 Å². The van der Waals surface area contributed by atoms with E-state index in [1.54, 1.807) is 0 Å². The average molecular weight is 269 g/mol. The maximum Gasteiger partial charge on any atom is 0.417 e. The van der Waals surface area contributed by atoms with E-state index in [0.717, 1.165) is 12.3 Å². The summed E-state index contributed by atoms with van der Waals surface area (Å²) in [6.45, 7) is 2.22. The van der Waals surface area contributed by atoms with Crippen molar-refractivity contribution in [3.63, 3.8) is 0 Å². The Morgan fingerprint density at radius 2 is 2.18 bits per heavy atom. The predicted molar refractivity (Wildman–Crippen MR) is 59.2 cm³/mol. The number of halogens is 4. The number of hydrogen-bond acceptors (Lipinski definition) is 3. The van der Waals surface area contributed by atoms with Crippen LogP contribution in [0.25, 0.3) is 0 Å². The zero-order chi connectivity index (χ0) is 13.1. The van der Waals surface area contributed by atoms with Crippen LogP contribution < -0.4 is 5.32 Å². The highest BCUT2D eigenvalue weighted by molar-refractivity contribution is 6.32. The van der Waals surface area contributed by atoms with Gasteiger partial charge in [-0.15, -0.1) is 0 Å². The number of ether oxygens (including phenoxy) is 1. The van der Waals surface area contributed by atoms with Gasteiger partial charge in [-0.3, -0.25) is 0 Å². The van der Waals surface area contributed by atoms with Crippen LogP contribution >= 0.6 is 11.6 Å². The monoisotopic (exact) mass is 268 g/mol. The van der Waals surface area contributed by atoms with Crippen LogP contribution in [0.2, 0.25) is 5.02 Å². The lowest BCUT2D eigenvalue weighted by molar-refractivity contribution is -0.137. The summed E-state index contributed by atoms with van der Waals surface area (Å²) in [5, 5.41) is 2.74. The molecule has 0 bridgehead atoms. The number of rotatable bonds is 4. The summed E-state index contributed by atoms with van der Waals surface area (Å²) in [7, 11) is 1.54. The van der Waals surface area contributed by atoms with Gasteiger partial charge in [0, 0.05) is 19.9 Å². The molecular formula is C10H12ClF3N2O. The second kappa shape index (κ2) is 5.55. The van der Waals surface area contributed by atoms with Crippen LogP contribution in [-0.4, -0.2) is 24.7 Å². The predicted octanol–water partition coefficient (Wildman–Crippen LogP) is 3.20. The number of methoxy groups -OCH3 is 1. The van der Waals surface area contributed by atoms with Crippen LogP contribution in [0.4, 0.5) is 19.0 Å². The summed E-state index contributed by atoms with van der Waals surface area (Å²) >= 11 is 5.70. The third kappa shape index (κ3) is 4.05. The summed E-state index contributed by atoms with van der Waals surface area (Å²) in [5.41, 5.74) is -0.868. The lowest BCUT2D eigenvalue weighted by atomic mass is 10.2. The van der Waals surface area contributed by atoms with Crippen LogP contribution in [-0.2, 0) is 10.9 Å². The molecule has 0 spiro atoms. The van der Waals surface area contributed by atoms with Crippen LogP contribution in [0.15, 0.2) is 12.3 Å². The molecule has 0 saturated carbocycles. The Bertz CT molecular complexity index is 384. The van der Waals surface area contributed by atoms with E-state index in [-0.39, 0.29) is 16.9 Å². The van der Waals surface area contributed by atoms with E-state index in [9.17, 15) is 13.2 Å². The van der Waals surface area contributed by atoms with Gasteiger partial charge in [-0.25, -0.2) is 4.98 Å². The summed E-state index contributed by atoms with van der Waals surface area (Å²) in [6, 6.07) is 0.842. The number of alkyl halides is 3. The maximum absolute atomic E-state index is 12.3. The van der Waals surface area contributed by atoms with Gasteiger partial charge >= 0.3 is 6.18 Å². The quantitative estimate of drug-likeness (QED) is 0.911. The number of hydrogen-bond donors (Lipinski definition) is 1. The smallest absolute Gasteiger partial charge is 0.380 e. The molecule has 0 aromatic carbocycles. The molecule has 1 unspecified atom stereocenters. The summed E-state index contributed by atoms with van der Waals surface area (Å²) in [5.74, 6) is 0.212. The molecule has 0 aliphatic carbocycles. The topological polar surface area (TPSA) is 34.1 Å². The lowest BCUT2D eigenvalue weighted by Gasteiger charge is -2.13. The van der Waals surface area contributed by atoms with Crippen LogP contribution in [0, 0.1) is 0 Å². The van der Waals surface area contributed by atoms with Crippen LogP contribution in [0.1, 0.15) is 12.5 Å². The van der Waals surface area contributed by atoms with Gasteiger partial charge in [0.2, 0.25) is 0 Å². The SMILES string of the molecule is COC(C)CNc1ncc(C(F)(F)F)cc1Cl. The normalized spacial score (nSPS) is 13.5. The van der Waals surface area contributed by atoms with Crippen molar-refractivity contribution < 1.29 is 17.9 Å². The van der Waals surface area contributed by atoms with Gasteiger partial charge in [0.1, 0.15) is 5.82 Å². The number of aromatic nitrogens is 1. The first kappa shape index (κ1) is 14.1. The highest BCUT2D eigenvalue weighted by Gasteiger charge is 2.31. The molecule has 0 saturated heterocycles. The number of nitrogens with one attached hydrogen (secondary N) is 1. The van der Waals surface area contributed by atoms with Gasteiger partial charge in [-0.2, -0.15) is 13.2 Å². The number of anilines is 1. The molecule has 7 heteroatoms. The molecule has 17 heavy (non-hydrogen) atoms. The molecule has 1 rings (SSSR count). The highest BCUT2D eigenvalue weighted by atomic mass is 35.5. The summed E-state index contributed by atoms with van der Waals surface area (Å²) in [6.07, 6.45) is -3.78. The van der Waals surface area contributed by atoms with E-state index in [0.29, 0.717) is 6.54 Å². The van der Waals surface area contributed by atoms with E-state index in [2.05, 4.69) is 10.3 Å². The van der Waals surface area contributed by atoms with Crippen molar-refractivity contribution in [3.05, 3.63) is 22.8 Å². The Labute approximate surface area is 102 Å². The molecule has 1 heterocycles. The minimum Gasteiger partial charge on any atom is -0.380 e. The Hall–Kier alpha value is -1.01. The van der Waals surface area contributed by atoms with Crippen molar-refractivity contribution in [2.24, 2.45) is 0 Å². The standard InChI is InChI=1S/C10H12ClF3N2O/c1-6(17-2)4-15-9-8(11)3-7(5-16-9)10(12,13)14/h3,5-6H,4H2,1-2H3,(H,15,16). The van der Waals surface area contributed by atoms with Crippen molar-refractivity contribution in [2.75, 3.05) is 19.0 Å². The first-order chi connectivity index (χ1) is 7.84. The molecule has 3 nitrogen and oxygen atoms in total. The molecular weight excluding hydrogens is 257 g/mol. The van der Waals surface area contributed by atoms with Gasteiger partial charge in [-0.05, 0) is 13.0 Å². The third-order valence-corrected chi connectivity index (χ3v) is 2.42. The molecule has 0 fully saturated rings. The van der Waals surface area contributed by atoms with E-state index < -0.39 is 11.7 Å². The molecule has 0 amide bonds. The number of pyridine rings is 1. The largest absolute Gasteiger partial charge is 0.417 e. The van der Waals surface area contributed by atoms with Crippen molar-refractivity contribution in [1.82, 2.24) is 4.98 Å². The molecule has 0 aliphatic rings.